The summed E-state index contributed by atoms with van der Waals surface area (Å²) in [4.78, 5) is 0. The van der Waals surface area contributed by atoms with Gasteiger partial charge in [0.15, 0.2) is 0 Å². The molecule has 0 fully saturated rings. The third-order valence-electron chi connectivity index (χ3n) is 5.13. The molecule has 1 nitrogen and oxygen atoms in total. The molecule has 118 valence electrons. The second-order valence-electron chi connectivity index (χ2n) is 7.54. The topological polar surface area (TPSA) is 12.0 Å². The Kier molecular flexibility index (Phi) is 5.87. The van der Waals surface area contributed by atoms with E-state index in [0.29, 0.717) is 17.5 Å². The highest BCUT2D eigenvalue weighted by atomic mass is 15.0. The van der Waals surface area contributed by atoms with Gasteiger partial charge in [0.25, 0.3) is 0 Å². The first-order valence-electron chi connectivity index (χ1n) is 8.88. The van der Waals surface area contributed by atoms with E-state index in [0.717, 1.165) is 0 Å². The molecule has 1 aliphatic carbocycles. The molecule has 0 radical (unpaired) electrons. The van der Waals surface area contributed by atoms with Gasteiger partial charge in [-0.25, -0.2) is 0 Å². The number of rotatable bonds is 7. The molecule has 1 aromatic rings. The Balaban J connectivity index is 2.00. The van der Waals surface area contributed by atoms with E-state index in [9.17, 15) is 0 Å². The molecule has 2 atom stereocenters. The van der Waals surface area contributed by atoms with Crippen LogP contribution in [-0.2, 0) is 6.42 Å². The summed E-state index contributed by atoms with van der Waals surface area (Å²) in [5.41, 5.74) is 3.44. The molecule has 1 aromatic carbocycles. The SMILES string of the molecule is CCCCCCC(C)NC1c2ccccc2CCC1(C)C. The van der Waals surface area contributed by atoms with Crippen LogP contribution in [0.3, 0.4) is 0 Å². The van der Waals surface area contributed by atoms with Crippen LogP contribution in [0.1, 0.15) is 83.4 Å². The molecule has 2 rings (SSSR count). The van der Waals surface area contributed by atoms with Crippen molar-refractivity contribution < 1.29 is 0 Å². The van der Waals surface area contributed by atoms with Gasteiger partial charge in [-0.1, -0.05) is 70.7 Å². The van der Waals surface area contributed by atoms with E-state index in [1.165, 1.54) is 50.5 Å². The van der Waals surface area contributed by atoms with E-state index in [2.05, 4.69) is 57.3 Å². The van der Waals surface area contributed by atoms with Gasteiger partial charge in [-0.05, 0) is 42.7 Å². The van der Waals surface area contributed by atoms with Gasteiger partial charge in [-0.15, -0.1) is 0 Å². The van der Waals surface area contributed by atoms with Crippen LogP contribution in [0, 0.1) is 5.41 Å². The standard InChI is InChI=1S/C20H33N/c1-5-6-7-8-11-16(2)21-19-18-13-10-9-12-17(18)14-15-20(19,3)4/h9-10,12-13,16,19,21H,5-8,11,14-15H2,1-4H3. The number of nitrogens with one attached hydrogen (secondary N) is 1. The van der Waals surface area contributed by atoms with Crippen molar-refractivity contribution >= 4 is 0 Å². The summed E-state index contributed by atoms with van der Waals surface area (Å²) >= 11 is 0. The zero-order valence-corrected chi connectivity index (χ0v) is 14.4. The Bertz CT molecular complexity index is 435. The molecule has 0 spiro atoms. The molecular formula is C20H33N. The average Bonchev–Trinajstić information content (AvgIpc) is 2.47. The summed E-state index contributed by atoms with van der Waals surface area (Å²) < 4.78 is 0. The van der Waals surface area contributed by atoms with Crippen LogP contribution in [0.2, 0.25) is 0 Å². The molecule has 0 heterocycles. The van der Waals surface area contributed by atoms with Crippen molar-refractivity contribution in [1.82, 2.24) is 5.32 Å². The maximum atomic E-state index is 3.94. The molecule has 0 aliphatic heterocycles. The fraction of sp³-hybridized carbons (Fsp3) is 0.700. The average molecular weight is 287 g/mol. The summed E-state index contributed by atoms with van der Waals surface area (Å²) in [5.74, 6) is 0. The lowest BCUT2D eigenvalue weighted by Gasteiger charge is -2.42. The summed E-state index contributed by atoms with van der Waals surface area (Å²) in [6, 6.07) is 10.1. The third kappa shape index (κ3) is 4.32. The molecule has 0 bridgehead atoms. The van der Waals surface area contributed by atoms with Gasteiger partial charge < -0.3 is 5.32 Å². The van der Waals surface area contributed by atoms with Crippen molar-refractivity contribution in [2.24, 2.45) is 5.41 Å². The molecule has 21 heavy (non-hydrogen) atoms. The molecule has 0 aromatic heterocycles. The van der Waals surface area contributed by atoms with Crippen molar-refractivity contribution in [3.05, 3.63) is 35.4 Å². The van der Waals surface area contributed by atoms with Crippen molar-refractivity contribution in [2.75, 3.05) is 0 Å². The third-order valence-corrected chi connectivity index (χ3v) is 5.13. The predicted molar refractivity (Wildman–Crippen MR) is 92.6 cm³/mol. The quantitative estimate of drug-likeness (QED) is 0.639. The number of hydrogen-bond donors (Lipinski definition) is 1. The molecular weight excluding hydrogens is 254 g/mol. The summed E-state index contributed by atoms with van der Waals surface area (Å²) in [6.45, 7) is 9.48. The van der Waals surface area contributed by atoms with Crippen molar-refractivity contribution in [2.45, 2.75) is 84.7 Å². The molecule has 0 saturated heterocycles. The Morgan fingerprint density at radius 2 is 1.95 bits per heavy atom. The highest BCUT2D eigenvalue weighted by molar-refractivity contribution is 5.34. The number of benzene rings is 1. The molecule has 1 heteroatoms. The second-order valence-corrected chi connectivity index (χ2v) is 7.54. The van der Waals surface area contributed by atoms with Crippen LogP contribution < -0.4 is 5.32 Å². The zero-order valence-electron chi connectivity index (χ0n) is 14.4. The maximum absolute atomic E-state index is 3.94. The van der Waals surface area contributed by atoms with E-state index >= 15 is 0 Å². The van der Waals surface area contributed by atoms with Crippen LogP contribution in [0.5, 0.6) is 0 Å². The minimum Gasteiger partial charge on any atom is -0.307 e. The van der Waals surface area contributed by atoms with E-state index in [4.69, 9.17) is 0 Å². The normalized spacial score (nSPS) is 21.8. The van der Waals surface area contributed by atoms with E-state index < -0.39 is 0 Å². The lowest BCUT2D eigenvalue weighted by atomic mass is 9.70. The van der Waals surface area contributed by atoms with Gasteiger partial charge in [-0.2, -0.15) is 0 Å². The second kappa shape index (κ2) is 7.45. The van der Waals surface area contributed by atoms with Crippen LogP contribution >= 0.6 is 0 Å². The monoisotopic (exact) mass is 287 g/mol. The Morgan fingerprint density at radius 3 is 2.71 bits per heavy atom. The van der Waals surface area contributed by atoms with Gasteiger partial charge in [0, 0.05) is 12.1 Å². The number of fused-ring (bicyclic) bond motifs is 1. The van der Waals surface area contributed by atoms with Crippen LogP contribution in [-0.4, -0.2) is 6.04 Å². The molecule has 2 unspecified atom stereocenters. The Morgan fingerprint density at radius 1 is 1.19 bits per heavy atom. The first-order valence-corrected chi connectivity index (χ1v) is 8.88. The lowest BCUT2D eigenvalue weighted by molar-refractivity contribution is 0.193. The van der Waals surface area contributed by atoms with Crippen LogP contribution in [0.25, 0.3) is 0 Å². The highest BCUT2D eigenvalue weighted by Gasteiger charge is 2.35. The van der Waals surface area contributed by atoms with Crippen LogP contribution in [0.4, 0.5) is 0 Å². The Hall–Kier alpha value is -0.820. The van der Waals surface area contributed by atoms with Gasteiger partial charge in [0.1, 0.15) is 0 Å². The maximum Gasteiger partial charge on any atom is 0.0376 e. The van der Waals surface area contributed by atoms with E-state index in [1.807, 2.05) is 0 Å². The van der Waals surface area contributed by atoms with Crippen molar-refractivity contribution in [1.29, 1.82) is 0 Å². The molecule has 1 aliphatic rings. The van der Waals surface area contributed by atoms with Crippen LogP contribution in [0.15, 0.2) is 24.3 Å². The van der Waals surface area contributed by atoms with Gasteiger partial charge in [-0.3, -0.25) is 0 Å². The highest BCUT2D eigenvalue weighted by Crippen LogP contribution is 2.43. The smallest absolute Gasteiger partial charge is 0.0376 e. The number of hydrogen-bond acceptors (Lipinski definition) is 1. The molecule has 1 N–H and O–H groups in total. The first kappa shape index (κ1) is 16.5. The van der Waals surface area contributed by atoms with Gasteiger partial charge in [0.05, 0.1) is 0 Å². The fourth-order valence-electron chi connectivity index (χ4n) is 3.63. The predicted octanol–water partition coefficient (Wildman–Crippen LogP) is 5.65. The van der Waals surface area contributed by atoms with Crippen molar-refractivity contribution in [3.63, 3.8) is 0 Å². The zero-order chi connectivity index (χ0) is 15.3. The summed E-state index contributed by atoms with van der Waals surface area (Å²) in [5, 5.41) is 3.94. The minimum absolute atomic E-state index is 0.353. The lowest BCUT2D eigenvalue weighted by Crippen LogP contribution is -2.42. The first-order chi connectivity index (χ1) is 10.0. The van der Waals surface area contributed by atoms with Crippen molar-refractivity contribution in [3.8, 4) is 0 Å². The van der Waals surface area contributed by atoms with Gasteiger partial charge >= 0.3 is 0 Å². The fourth-order valence-corrected chi connectivity index (χ4v) is 3.63. The molecule has 0 saturated carbocycles. The summed E-state index contributed by atoms with van der Waals surface area (Å²) in [7, 11) is 0. The largest absolute Gasteiger partial charge is 0.307 e. The molecule has 0 amide bonds. The Labute approximate surface area is 131 Å². The van der Waals surface area contributed by atoms with Gasteiger partial charge in [0.2, 0.25) is 0 Å². The minimum atomic E-state index is 0.353. The van der Waals surface area contributed by atoms with E-state index in [-0.39, 0.29) is 0 Å². The van der Waals surface area contributed by atoms with E-state index in [1.54, 1.807) is 5.56 Å². The number of unbranched alkanes of at least 4 members (excludes halogenated alkanes) is 3. The summed E-state index contributed by atoms with van der Waals surface area (Å²) in [6.07, 6.45) is 9.25. The number of aryl methyl sites for hydroxylation is 1.